The molecule has 6 rings (SSSR count). The van der Waals surface area contributed by atoms with Gasteiger partial charge in [0.25, 0.3) is 0 Å². The number of fused-ring (bicyclic) bond motifs is 3. The second-order valence-electron chi connectivity index (χ2n) is 6.62. The van der Waals surface area contributed by atoms with Crippen molar-refractivity contribution in [3.63, 3.8) is 0 Å². The molecule has 27 heavy (non-hydrogen) atoms. The van der Waals surface area contributed by atoms with Gasteiger partial charge in [0.2, 0.25) is 0 Å². The maximum Gasteiger partial charge on any atom is 0.0999 e. The lowest BCUT2D eigenvalue weighted by Gasteiger charge is -2.05. The number of nitrogens with one attached hydrogen (secondary N) is 2. The molecule has 6 aromatic rings. The monoisotopic (exact) mass is 366 g/mol. The fraction of sp³-hybridized carbons (Fsp3) is 0. The minimum atomic E-state index is 0.969. The molecule has 3 aromatic carbocycles. The topological polar surface area (TPSA) is 57.4 Å². The van der Waals surface area contributed by atoms with Gasteiger partial charge in [0.05, 0.1) is 22.9 Å². The summed E-state index contributed by atoms with van der Waals surface area (Å²) >= 11 is 1.80. The number of thiophene rings is 1. The summed E-state index contributed by atoms with van der Waals surface area (Å²) in [6, 6.07) is 23.3. The molecule has 0 fully saturated rings. The van der Waals surface area contributed by atoms with E-state index in [1.54, 1.807) is 11.3 Å². The molecule has 3 aromatic heterocycles. The number of benzene rings is 3. The minimum Gasteiger partial charge on any atom is -0.277 e. The first-order valence-electron chi connectivity index (χ1n) is 8.76. The highest BCUT2D eigenvalue weighted by atomic mass is 32.1. The van der Waals surface area contributed by atoms with Crippen molar-refractivity contribution >= 4 is 43.2 Å². The van der Waals surface area contributed by atoms with Crippen molar-refractivity contribution in [3.05, 3.63) is 72.9 Å². The maximum absolute atomic E-state index is 4.58. The molecule has 0 bridgehead atoms. The number of hydrogen-bond acceptors (Lipinski definition) is 3. The van der Waals surface area contributed by atoms with Crippen LogP contribution in [0.3, 0.4) is 0 Å². The van der Waals surface area contributed by atoms with Crippen LogP contribution in [0.2, 0.25) is 0 Å². The van der Waals surface area contributed by atoms with Crippen molar-refractivity contribution in [2.24, 2.45) is 0 Å². The molecule has 3 heterocycles. The summed E-state index contributed by atoms with van der Waals surface area (Å²) in [7, 11) is 0. The van der Waals surface area contributed by atoms with Crippen LogP contribution in [0.25, 0.3) is 53.6 Å². The molecule has 0 aliphatic heterocycles. The molecular weight excluding hydrogens is 352 g/mol. The zero-order valence-corrected chi connectivity index (χ0v) is 15.0. The van der Waals surface area contributed by atoms with E-state index in [4.69, 9.17) is 0 Å². The highest BCUT2D eigenvalue weighted by molar-refractivity contribution is 7.22. The van der Waals surface area contributed by atoms with Crippen molar-refractivity contribution in [1.29, 1.82) is 0 Å². The summed E-state index contributed by atoms with van der Waals surface area (Å²) in [6.07, 6.45) is 1.88. The third-order valence-electron chi connectivity index (χ3n) is 4.98. The van der Waals surface area contributed by atoms with E-state index in [0.29, 0.717) is 0 Å². The zero-order chi connectivity index (χ0) is 17.8. The lowest BCUT2D eigenvalue weighted by atomic mass is 10.0. The van der Waals surface area contributed by atoms with Crippen molar-refractivity contribution in [2.45, 2.75) is 0 Å². The van der Waals surface area contributed by atoms with Crippen LogP contribution in [-0.2, 0) is 0 Å². The Bertz CT molecular complexity index is 1400. The van der Waals surface area contributed by atoms with E-state index in [2.05, 4.69) is 75.0 Å². The molecule has 5 heteroatoms. The van der Waals surface area contributed by atoms with Crippen molar-refractivity contribution in [3.8, 4) is 21.7 Å². The lowest BCUT2D eigenvalue weighted by Crippen LogP contribution is -1.84. The van der Waals surface area contributed by atoms with E-state index < -0.39 is 0 Å². The Labute approximate surface area is 158 Å². The summed E-state index contributed by atoms with van der Waals surface area (Å²) < 4.78 is 1.29. The molecule has 0 saturated carbocycles. The highest BCUT2D eigenvalue weighted by Gasteiger charge is 2.15. The van der Waals surface area contributed by atoms with Crippen LogP contribution in [0.5, 0.6) is 0 Å². The summed E-state index contributed by atoms with van der Waals surface area (Å²) in [5.41, 5.74) is 5.33. The Hall–Kier alpha value is -3.44. The number of H-pyrrole nitrogens is 2. The van der Waals surface area contributed by atoms with E-state index in [1.165, 1.54) is 15.0 Å². The predicted molar refractivity (Wildman–Crippen MR) is 112 cm³/mol. The largest absolute Gasteiger partial charge is 0.277 e. The highest BCUT2D eigenvalue weighted by Crippen LogP contribution is 2.39. The standard InChI is InChI=1S/C22H14N4S/c1-4-8-19-13(5-1)11-20(27-19)17-10-14(9-15-12-23-25-22(15)17)21-16-6-2-3-7-18(16)24-26-21/h1-12H,(H,23,25)(H,24,26). The van der Waals surface area contributed by atoms with E-state index in [0.717, 1.165) is 38.6 Å². The van der Waals surface area contributed by atoms with Gasteiger partial charge in [-0.1, -0.05) is 36.4 Å². The Morgan fingerprint density at radius 2 is 1.70 bits per heavy atom. The molecule has 0 aliphatic carbocycles. The Kier molecular flexibility index (Phi) is 3.01. The minimum absolute atomic E-state index is 0.969. The smallest absolute Gasteiger partial charge is 0.0999 e. The van der Waals surface area contributed by atoms with Crippen LogP contribution < -0.4 is 0 Å². The molecule has 0 unspecified atom stereocenters. The van der Waals surface area contributed by atoms with Gasteiger partial charge in [-0.15, -0.1) is 11.3 Å². The molecule has 0 aliphatic rings. The fourth-order valence-electron chi connectivity index (χ4n) is 3.69. The Balaban J connectivity index is 1.64. The van der Waals surface area contributed by atoms with E-state index in [-0.39, 0.29) is 0 Å². The van der Waals surface area contributed by atoms with Crippen LogP contribution in [0.15, 0.2) is 72.9 Å². The van der Waals surface area contributed by atoms with Gasteiger partial charge < -0.3 is 0 Å². The SMILES string of the molecule is c1ccc2sc(-c3cc(-c4n[nH]c5ccccc45)cc4cn[nH]c34)cc2c1. The molecule has 2 N–H and O–H groups in total. The fourth-order valence-corrected chi connectivity index (χ4v) is 4.77. The molecule has 4 nitrogen and oxygen atoms in total. The van der Waals surface area contributed by atoms with Crippen LogP contribution in [-0.4, -0.2) is 20.4 Å². The molecule has 0 radical (unpaired) electrons. The van der Waals surface area contributed by atoms with Crippen LogP contribution >= 0.6 is 11.3 Å². The second kappa shape index (κ2) is 5.53. The van der Waals surface area contributed by atoms with Crippen molar-refractivity contribution in [1.82, 2.24) is 20.4 Å². The normalized spacial score (nSPS) is 11.7. The van der Waals surface area contributed by atoms with Crippen LogP contribution in [0.4, 0.5) is 0 Å². The zero-order valence-electron chi connectivity index (χ0n) is 14.2. The van der Waals surface area contributed by atoms with Gasteiger partial charge >= 0.3 is 0 Å². The van der Waals surface area contributed by atoms with E-state index in [9.17, 15) is 0 Å². The van der Waals surface area contributed by atoms with Gasteiger partial charge in [-0.2, -0.15) is 10.2 Å². The molecule has 0 saturated heterocycles. The first-order chi connectivity index (χ1) is 13.4. The summed E-state index contributed by atoms with van der Waals surface area (Å²) in [4.78, 5) is 1.23. The van der Waals surface area contributed by atoms with Gasteiger partial charge in [0.1, 0.15) is 0 Å². The van der Waals surface area contributed by atoms with Gasteiger partial charge in [-0.25, -0.2) is 0 Å². The van der Waals surface area contributed by atoms with Crippen LogP contribution in [0, 0.1) is 0 Å². The summed E-state index contributed by atoms with van der Waals surface area (Å²) in [5.74, 6) is 0. The van der Waals surface area contributed by atoms with Crippen LogP contribution in [0.1, 0.15) is 0 Å². The predicted octanol–water partition coefficient (Wildman–Crippen LogP) is 5.99. The number of aromatic amines is 2. The first-order valence-corrected chi connectivity index (χ1v) is 9.58. The van der Waals surface area contributed by atoms with E-state index >= 15 is 0 Å². The summed E-state index contributed by atoms with van der Waals surface area (Å²) in [6.45, 7) is 0. The quantitative estimate of drug-likeness (QED) is 0.395. The average Bonchev–Trinajstić information content (AvgIpc) is 3.43. The van der Waals surface area contributed by atoms with Crippen molar-refractivity contribution < 1.29 is 0 Å². The molecule has 0 atom stereocenters. The number of hydrogen-bond donors (Lipinski definition) is 2. The third-order valence-corrected chi connectivity index (χ3v) is 6.13. The molecule has 0 amide bonds. The van der Waals surface area contributed by atoms with Crippen molar-refractivity contribution in [2.75, 3.05) is 0 Å². The molecular formula is C22H14N4S. The average molecular weight is 366 g/mol. The first kappa shape index (κ1) is 14.7. The van der Waals surface area contributed by atoms with E-state index in [1.807, 2.05) is 18.3 Å². The third kappa shape index (κ3) is 2.22. The summed E-state index contributed by atoms with van der Waals surface area (Å²) in [5, 5.41) is 18.6. The van der Waals surface area contributed by atoms with Gasteiger partial charge in [0, 0.05) is 31.5 Å². The lowest BCUT2D eigenvalue weighted by molar-refractivity contribution is 1.12. The van der Waals surface area contributed by atoms with Gasteiger partial charge in [-0.3, -0.25) is 10.2 Å². The number of rotatable bonds is 2. The number of aromatic nitrogens is 4. The second-order valence-corrected chi connectivity index (χ2v) is 7.71. The molecule has 0 spiro atoms. The van der Waals surface area contributed by atoms with Gasteiger partial charge in [-0.05, 0) is 35.7 Å². The van der Waals surface area contributed by atoms with Gasteiger partial charge in [0.15, 0.2) is 0 Å². The maximum atomic E-state index is 4.58. The Morgan fingerprint density at radius 3 is 2.67 bits per heavy atom. The Morgan fingerprint density at radius 1 is 0.815 bits per heavy atom. The number of para-hydroxylation sites is 1. The number of nitrogens with zero attached hydrogens (tertiary/aromatic N) is 2. The molecule has 128 valence electrons.